The van der Waals surface area contributed by atoms with Crippen LogP contribution in [0, 0.1) is 0 Å². The molecule has 0 saturated carbocycles. The molecule has 152 valence electrons. The fourth-order valence-electron chi connectivity index (χ4n) is 3.72. The summed E-state index contributed by atoms with van der Waals surface area (Å²) in [4.78, 5) is 19.8. The van der Waals surface area contributed by atoms with Crippen molar-refractivity contribution in [3.8, 4) is 0 Å². The van der Waals surface area contributed by atoms with E-state index in [2.05, 4.69) is 28.6 Å². The van der Waals surface area contributed by atoms with E-state index in [1.54, 1.807) is 24.3 Å². The fraction of sp³-hybridized carbons (Fsp3) is 0.364. The Balaban J connectivity index is 1.61. The van der Waals surface area contributed by atoms with E-state index in [1.165, 1.54) is 0 Å². The quantitative estimate of drug-likeness (QED) is 0.676. The van der Waals surface area contributed by atoms with Crippen molar-refractivity contribution in [2.75, 3.05) is 31.6 Å². The van der Waals surface area contributed by atoms with E-state index in [1.807, 2.05) is 18.2 Å². The lowest BCUT2D eigenvalue weighted by molar-refractivity contribution is 0.0325. The Morgan fingerprint density at radius 1 is 1.21 bits per heavy atom. The lowest BCUT2D eigenvalue weighted by Crippen LogP contribution is -2.36. The van der Waals surface area contributed by atoms with Crippen molar-refractivity contribution in [1.82, 2.24) is 14.5 Å². The zero-order chi connectivity index (χ0) is 20.4. The zero-order valence-electron chi connectivity index (χ0n) is 16.7. The molecule has 2 heterocycles. The molecule has 0 bridgehead atoms. The smallest absolute Gasteiger partial charge is 0.257 e. The minimum Gasteiger partial charge on any atom is -0.379 e. The molecule has 0 atom stereocenters. The molecular weight excluding hydrogens is 388 g/mol. The third kappa shape index (κ3) is 4.29. The van der Waals surface area contributed by atoms with E-state index in [0.29, 0.717) is 22.3 Å². The van der Waals surface area contributed by atoms with Crippen LogP contribution in [0.4, 0.5) is 5.69 Å². The highest BCUT2D eigenvalue weighted by Crippen LogP contribution is 2.26. The predicted octanol–water partition coefficient (Wildman–Crippen LogP) is 4.36. The molecule has 2 aromatic carbocycles. The van der Waals surface area contributed by atoms with Gasteiger partial charge in [0.2, 0.25) is 0 Å². The number of ether oxygens (including phenoxy) is 1. The lowest BCUT2D eigenvalue weighted by atomic mass is 10.2. The Morgan fingerprint density at radius 3 is 2.69 bits per heavy atom. The van der Waals surface area contributed by atoms with Crippen LogP contribution in [0.3, 0.4) is 0 Å². The topological polar surface area (TPSA) is 59.4 Å². The van der Waals surface area contributed by atoms with Gasteiger partial charge in [-0.2, -0.15) is 0 Å². The monoisotopic (exact) mass is 412 g/mol. The summed E-state index contributed by atoms with van der Waals surface area (Å²) in [6.45, 7) is 8.48. The summed E-state index contributed by atoms with van der Waals surface area (Å²) in [6.07, 6.45) is 0. The number of imidazole rings is 1. The fourth-order valence-corrected chi connectivity index (χ4v) is 3.94. The number of aromatic nitrogens is 2. The Kier molecular flexibility index (Phi) is 5.85. The largest absolute Gasteiger partial charge is 0.379 e. The van der Waals surface area contributed by atoms with Crippen molar-refractivity contribution in [2.24, 2.45) is 0 Å². The molecule has 6 nitrogen and oxygen atoms in total. The summed E-state index contributed by atoms with van der Waals surface area (Å²) in [5, 5.41) is 3.36. The van der Waals surface area contributed by atoms with E-state index in [4.69, 9.17) is 21.3 Å². The van der Waals surface area contributed by atoms with Gasteiger partial charge in [-0.1, -0.05) is 23.7 Å². The molecule has 1 aliphatic rings. The zero-order valence-corrected chi connectivity index (χ0v) is 17.4. The van der Waals surface area contributed by atoms with E-state index < -0.39 is 0 Å². The second-order valence-electron chi connectivity index (χ2n) is 7.52. The molecule has 0 unspecified atom stereocenters. The van der Waals surface area contributed by atoms with Crippen LogP contribution in [0.15, 0.2) is 42.5 Å². The molecular formula is C22H25ClN4O2. The van der Waals surface area contributed by atoms with Gasteiger partial charge >= 0.3 is 0 Å². The molecule has 1 N–H and O–H groups in total. The summed E-state index contributed by atoms with van der Waals surface area (Å²) in [6, 6.07) is 13.2. The second-order valence-corrected chi connectivity index (χ2v) is 7.92. The maximum absolute atomic E-state index is 12.6. The highest BCUT2D eigenvalue weighted by molar-refractivity contribution is 6.34. The van der Waals surface area contributed by atoms with Gasteiger partial charge in [0, 0.05) is 24.8 Å². The van der Waals surface area contributed by atoms with Crippen LogP contribution >= 0.6 is 11.6 Å². The number of carbonyl (C=O) groups is 1. The predicted molar refractivity (Wildman–Crippen MR) is 116 cm³/mol. The average molecular weight is 413 g/mol. The summed E-state index contributed by atoms with van der Waals surface area (Å²) < 4.78 is 7.72. The number of carbonyl (C=O) groups excluding carboxylic acids is 1. The number of fused-ring (bicyclic) bond motifs is 1. The number of benzene rings is 2. The first-order valence-electron chi connectivity index (χ1n) is 9.90. The van der Waals surface area contributed by atoms with Gasteiger partial charge in [-0.15, -0.1) is 0 Å². The number of nitrogens with zero attached hydrogens (tertiary/aromatic N) is 3. The SMILES string of the molecule is CC(C)n1c(CN2CCOCC2)nc2cc(NC(=O)c3ccccc3Cl)ccc21. The minimum atomic E-state index is -0.230. The third-order valence-corrected chi connectivity index (χ3v) is 5.45. The van der Waals surface area contributed by atoms with Crippen molar-refractivity contribution in [1.29, 1.82) is 0 Å². The number of rotatable bonds is 5. The summed E-state index contributed by atoms with van der Waals surface area (Å²) in [5.74, 6) is 0.804. The van der Waals surface area contributed by atoms with E-state index in [9.17, 15) is 4.79 Å². The van der Waals surface area contributed by atoms with Crippen molar-refractivity contribution < 1.29 is 9.53 Å². The molecule has 7 heteroatoms. The normalized spacial score (nSPS) is 15.2. The van der Waals surface area contributed by atoms with Gasteiger partial charge in [0.15, 0.2) is 0 Å². The van der Waals surface area contributed by atoms with Crippen molar-refractivity contribution >= 4 is 34.2 Å². The first-order valence-corrected chi connectivity index (χ1v) is 10.3. The van der Waals surface area contributed by atoms with Gasteiger partial charge in [0.05, 0.1) is 41.4 Å². The number of amides is 1. The molecule has 1 saturated heterocycles. The van der Waals surface area contributed by atoms with Gasteiger partial charge < -0.3 is 14.6 Å². The van der Waals surface area contributed by atoms with Gasteiger partial charge in [-0.25, -0.2) is 4.98 Å². The Labute approximate surface area is 175 Å². The number of hydrogen-bond donors (Lipinski definition) is 1. The Bertz CT molecular complexity index is 1020. The number of hydrogen-bond acceptors (Lipinski definition) is 4. The number of nitrogens with one attached hydrogen (secondary N) is 1. The standard InChI is InChI=1S/C22H25ClN4O2/c1-15(2)27-20-8-7-16(24-22(28)17-5-3-4-6-18(17)23)13-19(20)25-21(27)14-26-9-11-29-12-10-26/h3-8,13,15H,9-12,14H2,1-2H3,(H,24,28). The molecule has 1 fully saturated rings. The van der Waals surface area contributed by atoms with Crippen LogP contribution in [0.5, 0.6) is 0 Å². The summed E-state index contributed by atoms with van der Waals surface area (Å²) in [5.41, 5.74) is 3.10. The molecule has 0 spiro atoms. The van der Waals surface area contributed by atoms with Crippen molar-refractivity contribution in [3.63, 3.8) is 0 Å². The van der Waals surface area contributed by atoms with Crippen LogP contribution < -0.4 is 5.32 Å². The van der Waals surface area contributed by atoms with Crippen LogP contribution in [0.2, 0.25) is 5.02 Å². The second kappa shape index (κ2) is 8.53. The Hall–Kier alpha value is -2.41. The van der Waals surface area contributed by atoms with Crippen LogP contribution in [0.1, 0.15) is 36.1 Å². The maximum Gasteiger partial charge on any atom is 0.257 e. The van der Waals surface area contributed by atoms with E-state index in [-0.39, 0.29) is 5.91 Å². The molecule has 29 heavy (non-hydrogen) atoms. The number of halogens is 1. The maximum atomic E-state index is 12.6. The third-order valence-electron chi connectivity index (χ3n) is 5.12. The van der Waals surface area contributed by atoms with Gasteiger partial charge in [0.25, 0.3) is 5.91 Å². The highest BCUT2D eigenvalue weighted by atomic mass is 35.5. The van der Waals surface area contributed by atoms with E-state index in [0.717, 1.165) is 49.7 Å². The summed E-state index contributed by atoms with van der Waals surface area (Å²) >= 11 is 6.14. The van der Waals surface area contributed by atoms with Gasteiger partial charge in [-0.05, 0) is 44.2 Å². The minimum absolute atomic E-state index is 0.230. The molecule has 0 radical (unpaired) electrons. The summed E-state index contributed by atoms with van der Waals surface area (Å²) in [7, 11) is 0. The van der Waals surface area contributed by atoms with Crippen LogP contribution in [-0.4, -0.2) is 46.7 Å². The van der Waals surface area contributed by atoms with E-state index >= 15 is 0 Å². The molecule has 3 aromatic rings. The first kappa shape index (κ1) is 19.9. The Morgan fingerprint density at radius 2 is 1.97 bits per heavy atom. The number of anilines is 1. The molecule has 0 aliphatic carbocycles. The first-order chi connectivity index (χ1) is 14.0. The highest BCUT2D eigenvalue weighted by Gasteiger charge is 2.19. The number of morpholine rings is 1. The lowest BCUT2D eigenvalue weighted by Gasteiger charge is -2.27. The van der Waals surface area contributed by atoms with Gasteiger partial charge in [0.1, 0.15) is 5.82 Å². The van der Waals surface area contributed by atoms with Crippen molar-refractivity contribution in [3.05, 3.63) is 58.9 Å². The van der Waals surface area contributed by atoms with Crippen LogP contribution in [-0.2, 0) is 11.3 Å². The van der Waals surface area contributed by atoms with Gasteiger partial charge in [-0.3, -0.25) is 9.69 Å². The molecule has 1 amide bonds. The molecule has 4 rings (SSSR count). The van der Waals surface area contributed by atoms with Crippen LogP contribution in [0.25, 0.3) is 11.0 Å². The average Bonchev–Trinajstić information content (AvgIpc) is 3.06. The van der Waals surface area contributed by atoms with Crippen molar-refractivity contribution in [2.45, 2.75) is 26.4 Å². The molecule has 1 aliphatic heterocycles. The molecule has 1 aromatic heterocycles.